The molecule has 0 aliphatic rings. The highest BCUT2D eigenvalue weighted by molar-refractivity contribution is 5.76. The molecule has 0 radical (unpaired) electrons. The molecule has 0 spiro atoms. The predicted molar refractivity (Wildman–Crippen MR) is 63.7 cm³/mol. The fraction of sp³-hybridized carbons (Fsp3) is 0.818. The molecule has 2 unspecified atom stereocenters. The molecule has 0 aliphatic heterocycles. The first-order chi connectivity index (χ1) is 7.92. The monoisotopic (exact) mass is 246 g/mol. The second-order valence-corrected chi connectivity index (χ2v) is 4.07. The lowest BCUT2D eigenvalue weighted by Crippen LogP contribution is -2.47. The summed E-state index contributed by atoms with van der Waals surface area (Å²) in [4.78, 5) is 21.7. The van der Waals surface area contributed by atoms with Gasteiger partial charge in [-0.1, -0.05) is 26.7 Å². The van der Waals surface area contributed by atoms with Gasteiger partial charge in [-0.25, -0.2) is 9.59 Å². The molecular weight excluding hydrogens is 224 g/mol. The minimum absolute atomic E-state index is 0.0203. The molecule has 6 heteroatoms. The number of aliphatic hydroxyl groups excluding tert-OH is 1. The second-order valence-electron chi connectivity index (χ2n) is 4.07. The van der Waals surface area contributed by atoms with Gasteiger partial charge in [0.15, 0.2) is 6.10 Å². The molecule has 4 N–H and O–H groups in total. The van der Waals surface area contributed by atoms with Crippen molar-refractivity contribution in [1.82, 2.24) is 10.6 Å². The van der Waals surface area contributed by atoms with Crippen LogP contribution in [0.5, 0.6) is 0 Å². The molecule has 0 heterocycles. The molecule has 2 atom stereocenters. The lowest BCUT2D eigenvalue weighted by molar-refractivity contribution is -0.146. The van der Waals surface area contributed by atoms with E-state index in [1.165, 1.54) is 0 Å². The van der Waals surface area contributed by atoms with Gasteiger partial charge in [0.25, 0.3) is 0 Å². The van der Waals surface area contributed by atoms with E-state index in [2.05, 4.69) is 24.5 Å². The van der Waals surface area contributed by atoms with E-state index in [1.54, 1.807) is 0 Å². The van der Waals surface area contributed by atoms with Crippen LogP contribution in [0.3, 0.4) is 0 Å². The highest BCUT2D eigenvalue weighted by Gasteiger charge is 2.17. The summed E-state index contributed by atoms with van der Waals surface area (Å²) in [6, 6.07) is -0.434. The minimum Gasteiger partial charge on any atom is -0.479 e. The van der Waals surface area contributed by atoms with Crippen molar-refractivity contribution in [2.24, 2.45) is 5.92 Å². The van der Waals surface area contributed by atoms with Gasteiger partial charge in [0.1, 0.15) is 0 Å². The summed E-state index contributed by atoms with van der Waals surface area (Å²) >= 11 is 0. The van der Waals surface area contributed by atoms with Gasteiger partial charge < -0.3 is 20.8 Å². The Bertz CT molecular complexity index is 254. The first kappa shape index (κ1) is 15.7. The molecule has 0 fully saturated rings. The molecule has 0 saturated heterocycles. The Morgan fingerprint density at radius 2 is 1.76 bits per heavy atom. The number of aliphatic carboxylic acids is 1. The van der Waals surface area contributed by atoms with Gasteiger partial charge in [-0.2, -0.15) is 0 Å². The summed E-state index contributed by atoms with van der Waals surface area (Å²) in [6.45, 7) is 5.72. The molecule has 6 nitrogen and oxygen atoms in total. The van der Waals surface area contributed by atoms with Gasteiger partial charge in [-0.15, -0.1) is 0 Å². The first-order valence-corrected chi connectivity index (χ1v) is 5.87. The summed E-state index contributed by atoms with van der Waals surface area (Å²) in [6.07, 6.45) is 0.370. The first-order valence-electron chi connectivity index (χ1n) is 5.87. The summed E-state index contributed by atoms with van der Waals surface area (Å²) < 4.78 is 0. The normalized spacial score (nSPS) is 14.2. The quantitative estimate of drug-likeness (QED) is 0.527. The largest absolute Gasteiger partial charge is 0.479 e. The molecule has 0 aromatic heterocycles. The Kier molecular flexibility index (Phi) is 7.29. The highest BCUT2D eigenvalue weighted by Crippen LogP contribution is 2.12. The molecule has 0 aliphatic carbocycles. The number of aliphatic hydroxyl groups is 1. The standard InChI is InChI=1S/C11H22N2O4/c1-4-8(5-2)7(3)13-11(17)12-6-9(14)10(15)16/h7-9,14H,4-6H2,1-3H3,(H,15,16)(H2,12,13,17). The fourth-order valence-corrected chi connectivity index (χ4v) is 1.65. The molecule has 0 aromatic carbocycles. The van der Waals surface area contributed by atoms with Crippen LogP contribution in [0.15, 0.2) is 0 Å². The Morgan fingerprint density at radius 3 is 2.18 bits per heavy atom. The van der Waals surface area contributed by atoms with Crippen LogP contribution in [0.1, 0.15) is 33.6 Å². The maximum absolute atomic E-state index is 11.4. The molecule has 100 valence electrons. The third kappa shape index (κ3) is 6.11. The van der Waals surface area contributed by atoms with Crippen LogP contribution in [-0.2, 0) is 4.79 Å². The average Bonchev–Trinajstić information content (AvgIpc) is 2.27. The van der Waals surface area contributed by atoms with Crippen molar-refractivity contribution in [1.29, 1.82) is 0 Å². The summed E-state index contributed by atoms with van der Waals surface area (Å²) in [5, 5.41) is 22.4. The van der Waals surface area contributed by atoms with Crippen LogP contribution in [0, 0.1) is 5.92 Å². The zero-order valence-corrected chi connectivity index (χ0v) is 10.6. The maximum Gasteiger partial charge on any atom is 0.334 e. The van der Waals surface area contributed by atoms with E-state index < -0.39 is 18.1 Å². The van der Waals surface area contributed by atoms with Crippen LogP contribution >= 0.6 is 0 Å². The van der Waals surface area contributed by atoms with Crippen LogP contribution in [-0.4, -0.2) is 40.9 Å². The SMILES string of the molecule is CCC(CC)C(C)NC(=O)NCC(O)C(=O)O. The molecule has 2 amide bonds. The van der Waals surface area contributed by atoms with E-state index in [4.69, 9.17) is 10.2 Å². The van der Waals surface area contributed by atoms with E-state index in [1.807, 2.05) is 6.92 Å². The Hall–Kier alpha value is -1.30. The summed E-state index contributed by atoms with van der Waals surface area (Å²) in [5.41, 5.74) is 0. The van der Waals surface area contributed by atoms with Gasteiger partial charge in [0.05, 0.1) is 6.54 Å². The van der Waals surface area contributed by atoms with E-state index in [0.717, 1.165) is 12.8 Å². The number of rotatable bonds is 7. The van der Waals surface area contributed by atoms with Crippen LogP contribution in [0.25, 0.3) is 0 Å². The van der Waals surface area contributed by atoms with Crippen molar-refractivity contribution in [3.63, 3.8) is 0 Å². The molecular formula is C11H22N2O4. The van der Waals surface area contributed by atoms with E-state index in [-0.39, 0.29) is 12.6 Å². The molecule has 0 rings (SSSR count). The molecule has 0 saturated carbocycles. The van der Waals surface area contributed by atoms with Crippen molar-refractivity contribution in [3.05, 3.63) is 0 Å². The minimum atomic E-state index is -1.57. The van der Waals surface area contributed by atoms with Crippen molar-refractivity contribution < 1.29 is 19.8 Å². The Labute approximate surface area is 101 Å². The number of hydrogen-bond acceptors (Lipinski definition) is 3. The van der Waals surface area contributed by atoms with Gasteiger partial charge in [0.2, 0.25) is 0 Å². The van der Waals surface area contributed by atoms with E-state index in [9.17, 15) is 9.59 Å². The molecule has 0 bridgehead atoms. The third-order valence-electron chi connectivity index (χ3n) is 2.86. The summed E-state index contributed by atoms with van der Waals surface area (Å²) in [5.74, 6) is -0.955. The number of carbonyl (C=O) groups excluding carboxylic acids is 1. The van der Waals surface area contributed by atoms with Crippen molar-refractivity contribution in [2.45, 2.75) is 45.8 Å². The summed E-state index contributed by atoms with van der Waals surface area (Å²) in [7, 11) is 0. The Morgan fingerprint density at radius 1 is 1.24 bits per heavy atom. The van der Waals surface area contributed by atoms with Gasteiger partial charge >= 0.3 is 12.0 Å². The topological polar surface area (TPSA) is 98.7 Å². The maximum atomic E-state index is 11.4. The number of amides is 2. The number of urea groups is 1. The molecule has 0 aromatic rings. The average molecular weight is 246 g/mol. The van der Waals surface area contributed by atoms with E-state index >= 15 is 0 Å². The second kappa shape index (κ2) is 7.89. The van der Waals surface area contributed by atoms with Crippen molar-refractivity contribution >= 4 is 12.0 Å². The third-order valence-corrected chi connectivity index (χ3v) is 2.86. The zero-order chi connectivity index (χ0) is 13.4. The number of carbonyl (C=O) groups is 2. The highest BCUT2D eigenvalue weighted by atomic mass is 16.4. The van der Waals surface area contributed by atoms with Crippen molar-refractivity contribution in [3.8, 4) is 0 Å². The Balaban J connectivity index is 3.97. The van der Waals surface area contributed by atoms with Crippen molar-refractivity contribution in [2.75, 3.05) is 6.54 Å². The number of carboxylic acid groups (broad SMARTS) is 1. The molecule has 17 heavy (non-hydrogen) atoms. The smallest absolute Gasteiger partial charge is 0.334 e. The number of hydrogen-bond donors (Lipinski definition) is 4. The van der Waals surface area contributed by atoms with Gasteiger partial charge in [-0.3, -0.25) is 0 Å². The fourth-order valence-electron chi connectivity index (χ4n) is 1.65. The van der Waals surface area contributed by atoms with Gasteiger partial charge in [0, 0.05) is 6.04 Å². The van der Waals surface area contributed by atoms with Crippen LogP contribution < -0.4 is 10.6 Å². The number of nitrogens with one attached hydrogen (secondary N) is 2. The van der Waals surface area contributed by atoms with Crippen LogP contribution in [0.2, 0.25) is 0 Å². The van der Waals surface area contributed by atoms with E-state index in [0.29, 0.717) is 5.92 Å². The zero-order valence-electron chi connectivity index (χ0n) is 10.6. The van der Waals surface area contributed by atoms with Gasteiger partial charge in [-0.05, 0) is 12.8 Å². The number of carboxylic acids is 1. The van der Waals surface area contributed by atoms with Crippen LogP contribution in [0.4, 0.5) is 4.79 Å². The lowest BCUT2D eigenvalue weighted by atomic mass is 9.96. The lowest BCUT2D eigenvalue weighted by Gasteiger charge is -2.22. The predicted octanol–water partition coefficient (Wildman–Crippen LogP) is 0.556.